The first-order valence-corrected chi connectivity index (χ1v) is 6.68. The van der Waals surface area contributed by atoms with Crippen LogP contribution in [0.4, 0.5) is 4.79 Å². The van der Waals surface area contributed by atoms with Crippen LogP contribution in [0.2, 0.25) is 0 Å². The zero-order chi connectivity index (χ0) is 14.4. The van der Waals surface area contributed by atoms with E-state index in [-0.39, 0.29) is 6.03 Å². The maximum atomic E-state index is 12.1. The zero-order valence-electron chi connectivity index (χ0n) is 11.6. The number of rotatable bonds is 4. The molecule has 1 aromatic rings. The highest BCUT2D eigenvalue weighted by Gasteiger charge is 2.20. The Morgan fingerprint density at radius 2 is 2.05 bits per heavy atom. The Morgan fingerprint density at radius 3 is 2.65 bits per heavy atom. The van der Waals surface area contributed by atoms with Gasteiger partial charge in [0.25, 0.3) is 0 Å². The average Bonchev–Trinajstić information content (AvgIpc) is 2.53. The topological polar surface area (TPSA) is 48.5 Å². The molecule has 0 unspecified atom stereocenters. The molecule has 1 N–H and O–H groups in total. The summed E-state index contributed by atoms with van der Waals surface area (Å²) in [6, 6.07) is 3.78. The number of amides is 2. The van der Waals surface area contributed by atoms with Gasteiger partial charge in [0, 0.05) is 50.8 Å². The summed E-state index contributed by atoms with van der Waals surface area (Å²) in [7, 11) is 0. The van der Waals surface area contributed by atoms with Crippen LogP contribution in [0.5, 0.6) is 0 Å². The van der Waals surface area contributed by atoms with Gasteiger partial charge in [-0.2, -0.15) is 0 Å². The summed E-state index contributed by atoms with van der Waals surface area (Å²) >= 11 is 0. The summed E-state index contributed by atoms with van der Waals surface area (Å²) in [5, 5.41) is 2.91. The van der Waals surface area contributed by atoms with Crippen LogP contribution in [0.15, 0.2) is 49.5 Å². The van der Waals surface area contributed by atoms with E-state index in [1.807, 2.05) is 17.0 Å². The molecule has 0 spiro atoms. The Bertz CT molecular complexity index is 478. The minimum atomic E-state index is -0.0299. The maximum Gasteiger partial charge on any atom is 0.317 e. The first-order chi connectivity index (χ1) is 9.70. The summed E-state index contributed by atoms with van der Waals surface area (Å²) in [6.45, 7) is 11.1. The van der Waals surface area contributed by atoms with E-state index in [1.165, 1.54) is 0 Å². The fourth-order valence-corrected chi connectivity index (χ4v) is 2.12. The number of pyridine rings is 1. The van der Waals surface area contributed by atoms with Crippen molar-refractivity contribution in [2.45, 2.75) is 6.54 Å². The molecular formula is C15H20N4O. The molecule has 106 valence electrons. The summed E-state index contributed by atoms with van der Waals surface area (Å²) < 4.78 is 0. The summed E-state index contributed by atoms with van der Waals surface area (Å²) in [5.41, 5.74) is 1.92. The number of urea groups is 1. The summed E-state index contributed by atoms with van der Waals surface area (Å²) in [5.74, 6) is 0. The number of aromatic nitrogens is 1. The highest BCUT2D eigenvalue weighted by atomic mass is 16.2. The normalized spacial score (nSPS) is 14.8. The molecule has 0 saturated carbocycles. The Labute approximate surface area is 119 Å². The van der Waals surface area contributed by atoms with Crippen molar-refractivity contribution in [3.8, 4) is 0 Å². The largest absolute Gasteiger partial charge is 0.368 e. The van der Waals surface area contributed by atoms with Crippen molar-refractivity contribution < 1.29 is 4.79 Å². The van der Waals surface area contributed by atoms with Crippen LogP contribution in [-0.4, -0.2) is 47.0 Å². The second-order valence-electron chi connectivity index (χ2n) is 4.69. The van der Waals surface area contributed by atoms with Crippen molar-refractivity contribution in [2.75, 3.05) is 26.2 Å². The highest BCUT2D eigenvalue weighted by Crippen LogP contribution is 2.08. The summed E-state index contributed by atoms with van der Waals surface area (Å²) in [6.07, 6.45) is 5.22. The molecule has 2 amide bonds. The van der Waals surface area contributed by atoms with Gasteiger partial charge >= 0.3 is 6.03 Å². The molecule has 0 atom stereocenters. The quantitative estimate of drug-likeness (QED) is 0.847. The smallest absolute Gasteiger partial charge is 0.317 e. The highest BCUT2D eigenvalue weighted by molar-refractivity contribution is 5.74. The van der Waals surface area contributed by atoms with Gasteiger partial charge in [-0.15, -0.1) is 0 Å². The van der Waals surface area contributed by atoms with Gasteiger partial charge in [-0.25, -0.2) is 4.79 Å². The molecule has 0 bridgehead atoms. The second kappa shape index (κ2) is 6.75. The third-order valence-electron chi connectivity index (χ3n) is 3.38. The first kappa shape index (κ1) is 14.1. The number of carbonyl (C=O) groups excluding carboxylic acids is 1. The standard InChI is InChI=1S/C15H20N4O/c1-3-13(2)18-7-9-19(10-8-18)15(20)17-12-14-5-4-6-16-11-14/h3-6,11H,1-2,7-10,12H2,(H,17,20). The molecule has 1 saturated heterocycles. The van der Waals surface area contributed by atoms with Crippen LogP contribution in [0, 0.1) is 0 Å². The number of nitrogens with one attached hydrogen (secondary N) is 1. The van der Waals surface area contributed by atoms with Crippen molar-refractivity contribution in [2.24, 2.45) is 0 Å². The van der Waals surface area contributed by atoms with Crippen LogP contribution < -0.4 is 5.32 Å². The molecule has 5 heteroatoms. The molecule has 5 nitrogen and oxygen atoms in total. The molecule has 1 aromatic heterocycles. The second-order valence-corrected chi connectivity index (χ2v) is 4.69. The number of nitrogens with zero attached hydrogens (tertiary/aromatic N) is 3. The molecule has 2 rings (SSSR count). The van der Waals surface area contributed by atoms with Crippen molar-refractivity contribution in [1.29, 1.82) is 0 Å². The average molecular weight is 272 g/mol. The van der Waals surface area contributed by atoms with Gasteiger partial charge in [0.05, 0.1) is 0 Å². The first-order valence-electron chi connectivity index (χ1n) is 6.68. The van der Waals surface area contributed by atoms with E-state index >= 15 is 0 Å². The van der Waals surface area contributed by atoms with Crippen LogP contribution in [0.1, 0.15) is 5.56 Å². The number of piperazine rings is 1. The molecule has 1 aliphatic heterocycles. The monoisotopic (exact) mass is 272 g/mol. The minimum Gasteiger partial charge on any atom is -0.368 e. The lowest BCUT2D eigenvalue weighted by atomic mass is 10.3. The summed E-state index contributed by atoms with van der Waals surface area (Å²) in [4.78, 5) is 20.0. The minimum absolute atomic E-state index is 0.0299. The van der Waals surface area contributed by atoms with E-state index in [0.29, 0.717) is 19.6 Å². The molecule has 1 fully saturated rings. The Kier molecular flexibility index (Phi) is 4.76. The van der Waals surface area contributed by atoms with Crippen molar-refractivity contribution in [3.63, 3.8) is 0 Å². The van der Waals surface area contributed by atoms with Gasteiger partial charge in [-0.3, -0.25) is 4.98 Å². The van der Waals surface area contributed by atoms with Crippen LogP contribution in [0.3, 0.4) is 0 Å². The van der Waals surface area contributed by atoms with E-state index in [4.69, 9.17) is 0 Å². The number of hydrogen-bond acceptors (Lipinski definition) is 3. The van der Waals surface area contributed by atoms with Crippen molar-refractivity contribution in [1.82, 2.24) is 20.1 Å². The van der Waals surface area contributed by atoms with E-state index in [2.05, 4.69) is 28.4 Å². The predicted octanol–water partition coefficient (Wildman–Crippen LogP) is 1.61. The number of allylic oxidation sites excluding steroid dienone is 1. The van der Waals surface area contributed by atoms with Crippen LogP contribution in [-0.2, 0) is 6.54 Å². The van der Waals surface area contributed by atoms with E-state index < -0.39 is 0 Å². The van der Waals surface area contributed by atoms with Crippen LogP contribution >= 0.6 is 0 Å². The number of hydrogen-bond donors (Lipinski definition) is 1. The lowest BCUT2D eigenvalue weighted by molar-refractivity contribution is 0.159. The van der Waals surface area contributed by atoms with E-state index in [1.54, 1.807) is 18.5 Å². The lowest BCUT2D eigenvalue weighted by Crippen LogP contribution is -2.51. The van der Waals surface area contributed by atoms with E-state index in [9.17, 15) is 4.79 Å². The fourth-order valence-electron chi connectivity index (χ4n) is 2.12. The molecule has 2 heterocycles. The van der Waals surface area contributed by atoms with Crippen LogP contribution in [0.25, 0.3) is 0 Å². The SMILES string of the molecule is C=CC(=C)N1CCN(C(=O)NCc2cccnc2)CC1. The molecule has 0 aliphatic carbocycles. The number of carbonyl (C=O) groups is 1. The van der Waals surface area contributed by atoms with Gasteiger partial charge in [0.1, 0.15) is 0 Å². The maximum absolute atomic E-state index is 12.1. The molecular weight excluding hydrogens is 252 g/mol. The third kappa shape index (κ3) is 3.60. The predicted molar refractivity (Wildman–Crippen MR) is 79.0 cm³/mol. The molecule has 20 heavy (non-hydrogen) atoms. The lowest BCUT2D eigenvalue weighted by Gasteiger charge is -2.36. The fraction of sp³-hybridized carbons (Fsp3) is 0.333. The Morgan fingerprint density at radius 1 is 1.35 bits per heavy atom. The molecule has 1 aliphatic rings. The van der Waals surface area contributed by atoms with E-state index in [0.717, 1.165) is 24.4 Å². The van der Waals surface area contributed by atoms with Gasteiger partial charge < -0.3 is 15.1 Å². The van der Waals surface area contributed by atoms with Gasteiger partial charge in [-0.05, 0) is 17.7 Å². The third-order valence-corrected chi connectivity index (χ3v) is 3.38. The Balaban J connectivity index is 1.77. The van der Waals surface area contributed by atoms with Gasteiger partial charge in [0.2, 0.25) is 0 Å². The van der Waals surface area contributed by atoms with Crippen molar-refractivity contribution in [3.05, 3.63) is 55.0 Å². The van der Waals surface area contributed by atoms with Gasteiger partial charge in [-0.1, -0.05) is 19.2 Å². The van der Waals surface area contributed by atoms with Crippen molar-refractivity contribution >= 4 is 6.03 Å². The molecule has 0 aromatic carbocycles. The van der Waals surface area contributed by atoms with Gasteiger partial charge in [0.15, 0.2) is 0 Å². The Hall–Kier alpha value is -2.30. The molecule has 0 radical (unpaired) electrons. The zero-order valence-corrected chi connectivity index (χ0v) is 11.6.